The summed E-state index contributed by atoms with van der Waals surface area (Å²) < 4.78 is 27.4. The highest BCUT2D eigenvalue weighted by Crippen LogP contribution is 2.15. The van der Waals surface area contributed by atoms with E-state index in [9.17, 15) is 22.8 Å². The Kier molecular flexibility index (Phi) is 6.06. The third-order valence-electron chi connectivity index (χ3n) is 3.89. The topological polar surface area (TPSA) is 139 Å². The van der Waals surface area contributed by atoms with Gasteiger partial charge in [-0.05, 0) is 17.5 Å². The van der Waals surface area contributed by atoms with Crippen molar-refractivity contribution in [2.24, 2.45) is 7.05 Å². The first-order valence-corrected chi connectivity index (χ1v) is 10.7. The molecule has 0 saturated carbocycles. The molecule has 0 aliphatic heterocycles. The van der Waals surface area contributed by atoms with E-state index in [4.69, 9.17) is 0 Å². The summed E-state index contributed by atoms with van der Waals surface area (Å²) in [6, 6.07) is 9.56. The van der Waals surface area contributed by atoms with E-state index in [1.807, 2.05) is 0 Å². The van der Waals surface area contributed by atoms with Crippen molar-refractivity contribution >= 4 is 43.9 Å². The number of amides is 2. The Hall–Kier alpha value is -3.09. The molecule has 1 aromatic carbocycles. The molecular weight excluding hydrogens is 418 g/mol. The summed E-state index contributed by atoms with van der Waals surface area (Å²) in [5.41, 5.74) is 4.05. The van der Waals surface area contributed by atoms with Crippen LogP contribution in [0, 0.1) is 0 Å². The number of carbonyl (C=O) groups is 2. The van der Waals surface area contributed by atoms with Gasteiger partial charge in [-0.25, -0.2) is 17.8 Å². The van der Waals surface area contributed by atoms with Crippen LogP contribution in [0.4, 0.5) is 0 Å². The van der Waals surface area contributed by atoms with E-state index in [0.29, 0.717) is 10.8 Å². The maximum absolute atomic E-state index is 12.4. The van der Waals surface area contributed by atoms with Crippen molar-refractivity contribution in [3.05, 3.63) is 57.8 Å². The van der Waals surface area contributed by atoms with Gasteiger partial charge in [-0.1, -0.05) is 24.3 Å². The van der Waals surface area contributed by atoms with Gasteiger partial charge in [0.05, 0.1) is 5.39 Å². The quantitative estimate of drug-likeness (QED) is 0.470. The van der Waals surface area contributed by atoms with Crippen molar-refractivity contribution in [2.75, 3.05) is 6.54 Å². The van der Waals surface area contributed by atoms with Crippen LogP contribution in [0.25, 0.3) is 10.8 Å². The van der Waals surface area contributed by atoms with E-state index in [2.05, 4.69) is 20.7 Å². The van der Waals surface area contributed by atoms with Crippen LogP contribution in [-0.2, 0) is 21.9 Å². The minimum Gasteiger partial charge on any atom is -0.273 e. The zero-order valence-electron chi connectivity index (χ0n) is 15.2. The molecule has 0 fully saturated rings. The van der Waals surface area contributed by atoms with Gasteiger partial charge < -0.3 is 0 Å². The number of thiophene rings is 1. The zero-order valence-corrected chi connectivity index (χ0v) is 16.8. The molecule has 12 heteroatoms. The molecule has 152 valence electrons. The molecule has 0 atom stereocenters. The number of sulfonamides is 1. The largest absolute Gasteiger partial charge is 0.290 e. The van der Waals surface area contributed by atoms with Crippen LogP contribution in [0.1, 0.15) is 16.9 Å². The molecule has 3 rings (SSSR count). The van der Waals surface area contributed by atoms with Crippen LogP contribution < -0.4 is 21.1 Å². The van der Waals surface area contributed by atoms with Crippen molar-refractivity contribution < 1.29 is 18.0 Å². The lowest BCUT2D eigenvalue weighted by Crippen LogP contribution is -2.43. The molecular formula is C17H17N5O5S2. The van der Waals surface area contributed by atoms with Crippen molar-refractivity contribution in [1.29, 1.82) is 0 Å². The molecule has 2 heterocycles. The van der Waals surface area contributed by atoms with Gasteiger partial charge >= 0.3 is 0 Å². The average molecular weight is 435 g/mol. The van der Waals surface area contributed by atoms with Crippen molar-refractivity contribution in [2.45, 2.75) is 10.6 Å². The molecule has 0 aliphatic rings. The number of hydrogen-bond acceptors (Lipinski definition) is 7. The molecule has 3 N–H and O–H groups in total. The highest BCUT2D eigenvalue weighted by atomic mass is 32.2. The number of nitrogens with one attached hydrogen (secondary N) is 3. The van der Waals surface area contributed by atoms with Gasteiger partial charge in [0.25, 0.3) is 11.5 Å². The monoisotopic (exact) mass is 435 g/mol. The van der Waals surface area contributed by atoms with Crippen LogP contribution in [0.3, 0.4) is 0 Å². The summed E-state index contributed by atoms with van der Waals surface area (Å²) in [5.74, 6) is -1.30. The maximum Gasteiger partial charge on any atom is 0.290 e. The number of aryl methyl sites for hydroxylation is 1. The second kappa shape index (κ2) is 8.51. The number of benzene rings is 1. The van der Waals surface area contributed by atoms with Gasteiger partial charge in [0.1, 0.15) is 4.21 Å². The van der Waals surface area contributed by atoms with E-state index in [1.54, 1.807) is 35.7 Å². The third-order valence-corrected chi connectivity index (χ3v) is 6.75. The highest BCUT2D eigenvalue weighted by molar-refractivity contribution is 7.91. The van der Waals surface area contributed by atoms with E-state index in [-0.39, 0.29) is 28.4 Å². The molecule has 0 bridgehead atoms. The Morgan fingerprint density at radius 2 is 1.83 bits per heavy atom. The summed E-state index contributed by atoms with van der Waals surface area (Å²) in [6.07, 6.45) is -0.188. The molecule has 10 nitrogen and oxygen atoms in total. The van der Waals surface area contributed by atoms with E-state index in [0.717, 1.165) is 16.0 Å². The third kappa shape index (κ3) is 4.67. The SMILES string of the molecule is Cn1nc(C(=O)NNC(=O)CCNS(=O)(=O)c2cccs2)c2ccccc2c1=O. The summed E-state index contributed by atoms with van der Waals surface area (Å²) >= 11 is 1.06. The first-order chi connectivity index (χ1) is 13.8. The van der Waals surface area contributed by atoms with Gasteiger partial charge in [-0.15, -0.1) is 11.3 Å². The Morgan fingerprint density at radius 1 is 1.10 bits per heavy atom. The van der Waals surface area contributed by atoms with E-state index < -0.39 is 21.8 Å². The number of aromatic nitrogens is 2. The molecule has 29 heavy (non-hydrogen) atoms. The lowest BCUT2D eigenvalue weighted by Gasteiger charge is -2.10. The molecule has 2 aromatic heterocycles. The Balaban J connectivity index is 1.59. The minimum atomic E-state index is -3.66. The van der Waals surface area contributed by atoms with Gasteiger partial charge in [-0.2, -0.15) is 5.10 Å². The summed E-state index contributed by atoms with van der Waals surface area (Å²) in [4.78, 5) is 36.4. The second-order valence-electron chi connectivity index (χ2n) is 5.91. The van der Waals surface area contributed by atoms with E-state index >= 15 is 0 Å². The molecule has 0 saturated heterocycles. The Morgan fingerprint density at radius 3 is 2.52 bits per heavy atom. The molecule has 2 amide bonds. The maximum atomic E-state index is 12.4. The molecule has 0 radical (unpaired) electrons. The fourth-order valence-corrected chi connectivity index (χ4v) is 4.57. The molecule has 3 aromatic rings. The number of nitrogens with zero attached hydrogens (tertiary/aromatic N) is 2. The predicted molar refractivity (Wildman–Crippen MR) is 107 cm³/mol. The average Bonchev–Trinajstić information content (AvgIpc) is 3.25. The number of fused-ring (bicyclic) bond motifs is 1. The van der Waals surface area contributed by atoms with Crippen molar-refractivity contribution in [3.8, 4) is 0 Å². The van der Waals surface area contributed by atoms with Crippen LogP contribution in [0.5, 0.6) is 0 Å². The predicted octanol–water partition coefficient (Wildman–Crippen LogP) is 0.125. The zero-order chi connectivity index (χ0) is 21.0. The highest BCUT2D eigenvalue weighted by Gasteiger charge is 2.17. The first-order valence-electron chi connectivity index (χ1n) is 8.38. The van der Waals surface area contributed by atoms with Crippen LogP contribution in [0.15, 0.2) is 50.8 Å². The number of hydrazine groups is 1. The minimum absolute atomic E-state index is 0.0265. The Labute approximate surface area is 169 Å². The van der Waals surface area contributed by atoms with Gasteiger partial charge in [0.15, 0.2) is 5.69 Å². The summed E-state index contributed by atoms with van der Waals surface area (Å²) in [7, 11) is -2.24. The van der Waals surface area contributed by atoms with Gasteiger partial charge in [0, 0.05) is 25.4 Å². The normalized spacial score (nSPS) is 11.3. The lowest BCUT2D eigenvalue weighted by atomic mass is 10.1. The lowest BCUT2D eigenvalue weighted by molar-refractivity contribution is -0.121. The van der Waals surface area contributed by atoms with Crippen molar-refractivity contribution in [1.82, 2.24) is 25.4 Å². The fraction of sp³-hybridized carbons (Fsp3) is 0.176. The van der Waals surface area contributed by atoms with Gasteiger partial charge in [0.2, 0.25) is 15.9 Å². The standard InChI is InChI=1S/C17H17N5O5S2/c1-22-17(25)12-6-3-2-5-11(12)15(21-22)16(24)20-19-13(23)8-9-18-29(26,27)14-7-4-10-28-14/h2-7,10,18H,8-9H2,1H3,(H,19,23)(H,20,24). The number of carbonyl (C=O) groups excluding carboxylic acids is 2. The summed E-state index contributed by atoms with van der Waals surface area (Å²) in [5, 5.41) is 6.26. The van der Waals surface area contributed by atoms with Crippen LogP contribution >= 0.6 is 11.3 Å². The smallest absolute Gasteiger partial charge is 0.273 e. The molecule has 0 unspecified atom stereocenters. The van der Waals surface area contributed by atoms with Crippen LogP contribution in [-0.4, -0.2) is 36.6 Å². The number of rotatable bonds is 6. The second-order valence-corrected chi connectivity index (χ2v) is 8.85. The molecule has 0 spiro atoms. The molecule has 0 aliphatic carbocycles. The van der Waals surface area contributed by atoms with Crippen LogP contribution in [0.2, 0.25) is 0 Å². The fourth-order valence-electron chi connectivity index (χ4n) is 2.50. The first kappa shape index (κ1) is 20.6. The van der Waals surface area contributed by atoms with Crippen molar-refractivity contribution in [3.63, 3.8) is 0 Å². The van der Waals surface area contributed by atoms with E-state index in [1.165, 1.54) is 13.1 Å². The number of hydrogen-bond donors (Lipinski definition) is 3. The summed E-state index contributed by atoms with van der Waals surface area (Å²) in [6.45, 7) is -0.136. The van der Waals surface area contributed by atoms with Gasteiger partial charge in [-0.3, -0.25) is 25.2 Å². The Bertz CT molecular complexity index is 1220.